The van der Waals surface area contributed by atoms with E-state index < -0.39 is 6.10 Å². The normalized spacial score (nSPS) is 16.9. The van der Waals surface area contributed by atoms with Crippen molar-refractivity contribution < 1.29 is 9.50 Å². The van der Waals surface area contributed by atoms with E-state index in [1.54, 1.807) is 19.1 Å². The molecular formula is C12H17BrFNO. The van der Waals surface area contributed by atoms with E-state index in [9.17, 15) is 9.50 Å². The average molecular weight is 290 g/mol. The molecule has 0 aliphatic rings. The fraction of sp³-hybridized carbons (Fsp3) is 0.500. The molecule has 2 unspecified atom stereocenters. The molecule has 16 heavy (non-hydrogen) atoms. The fourth-order valence-corrected chi connectivity index (χ4v) is 1.93. The van der Waals surface area contributed by atoms with Gasteiger partial charge in [-0.15, -0.1) is 0 Å². The molecule has 0 radical (unpaired) electrons. The Hall–Kier alpha value is -0.450. The minimum Gasteiger partial charge on any atom is -0.393 e. The molecule has 1 aromatic rings. The van der Waals surface area contributed by atoms with E-state index in [-0.39, 0.29) is 11.2 Å². The van der Waals surface area contributed by atoms with Gasteiger partial charge in [0.25, 0.3) is 0 Å². The van der Waals surface area contributed by atoms with E-state index >= 15 is 0 Å². The summed E-state index contributed by atoms with van der Waals surface area (Å²) in [5, 5.41) is 9.69. The summed E-state index contributed by atoms with van der Waals surface area (Å²) in [6.07, 6.45) is 0.126. The topological polar surface area (TPSA) is 46.2 Å². The molecule has 0 heterocycles. The van der Waals surface area contributed by atoms with Crippen LogP contribution >= 0.6 is 15.9 Å². The number of hydrogen-bond donors (Lipinski definition) is 2. The summed E-state index contributed by atoms with van der Waals surface area (Å²) >= 11 is 3.14. The van der Waals surface area contributed by atoms with E-state index in [4.69, 9.17) is 5.73 Å². The molecule has 0 fully saturated rings. The maximum atomic E-state index is 13.1. The summed E-state index contributed by atoms with van der Waals surface area (Å²) in [6, 6.07) is 4.86. The van der Waals surface area contributed by atoms with Crippen LogP contribution in [0.1, 0.15) is 19.4 Å². The third-order valence-corrected chi connectivity index (χ3v) is 3.67. The molecule has 1 aromatic carbocycles. The molecule has 0 aliphatic heterocycles. The number of hydrogen-bond acceptors (Lipinski definition) is 2. The van der Waals surface area contributed by atoms with Crippen LogP contribution in [0.2, 0.25) is 0 Å². The number of nitrogens with two attached hydrogens (primary N) is 1. The van der Waals surface area contributed by atoms with E-state index in [1.807, 2.05) is 6.92 Å². The van der Waals surface area contributed by atoms with Crippen molar-refractivity contribution in [1.82, 2.24) is 0 Å². The third-order valence-electron chi connectivity index (χ3n) is 3.07. The van der Waals surface area contributed by atoms with Gasteiger partial charge in [-0.2, -0.15) is 0 Å². The lowest BCUT2D eigenvalue weighted by Crippen LogP contribution is -2.39. The number of benzene rings is 1. The van der Waals surface area contributed by atoms with Crippen LogP contribution in [0.3, 0.4) is 0 Å². The summed E-state index contributed by atoms with van der Waals surface area (Å²) in [4.78, 5) is 0. The van der Waals surface area contributed by atoms with Gasteiger partial charge in [0.05, 0.1) is 10.6 Å². The zero-order chi connectivity index (χ0) is 12.3. The molecule has 0 bridgehead atoms. The molecule has 90 valence electrons. The van der Waals surface area contributed by atoms with Gasteiger partial charge in [0.1, 0.15) is 5.82 Å². The van der Waals surface area contributed by atoms with Crippen molar-refractivity contribution in [3.8, 4) is 0 Å². The maximum Gasteiger partial charge on any atom is 0.137 e. The van der Waals surface area contributed by atoms with Gasteiger partial charge in [0.15, 0.2) is 0 Å². The van der Waals surface area contributed by atoms with Crippen LogP contribution in [0, 0.1) is 11.2 Å². The van der Waals surface area contributed by atoms with Gasteiger partial charge in [0, 0.05) is 12.0 Å². The lowest BCUT2D eigenvalue weighted by molar-refractivity contribution is 0.0589. The minimum absolute atomic E-state index is 0.282. The van der Waals surface area contributed by atoms with Crippen LogP contribution < -0.4 is 5.73 Å². The first-order chi connectivity index (χ1) is 7.39. The van der Waals surface area contributed by atoms with E-state index in [2.05, 4.69) is 15.9 Å². The summed E-state index contributed by atoms with van der Waals surface area (Å²) in [5.74, 6) is -0.282. The third kappa shape index (κ3) is 3.03. The SMILES string of the molecule is CC(O)C(C)(CN)Cc1ccc(F)c(Br)c1. The molecule has 3 N–H and O–H groups in total. The highest BCUT2D eigenvalue weighted by molar-refractivity contribution is 9.10. The van der Waals surface area contributed by atoms with Crippen LogP contribution in [0.15, 0.2) is 22.7 Å². The lowest BCUT2D eigenvalue weighted by atomic mass is 9.79. The van der Waals surface area contributed by atoms with Crippen LogP contribution in [0.5, 0.6) is 0 Å². The largest absolute Gasteiger partial charge is 0.393 e. The van der Waals surface area contributed by atoms with Crippen LogP contribution in [0.4, 0.5) is 4.39 Å². The van der Waals surface area contributed by atoms with Crippen molar-refractivity contribution in [2.45, 2.75) is 26.4 Å². The quantitative estimate of drug-likeness (QED) is 0.895. The Morgan fingerprint density at radius 1 is 1.56 bits per heavy atom. The van der Waals surface area contributed by atoms with Crippen LogP contribution in [-0.4, -0.2) is 17.8 Å². The highest BCUT2D eigenvalue weighted by Crippen LogP contribution is 2.27. The Morgan fingerprint density at radius 3 is 2.62 bits per heavy atom. The molecule has 1 rings (SSSR count). The van der Waals surface area contributed by atoms with E-state index in [0.29, 0.717) is 17.4 Å². The van der Waals surface area contributed by atoms with E-state index in [1.165, 1.54) is 6.07 Å². The maximum absolute atomic E-state index is 13.1. The van der Waals surface area contributed by atoms with Gasteiger partial charge < -0.3 is 10.8 Å². The zero-order valence-electron chi connectivity index (χ0n) is 9.50. The first kappa shape index (κ1) is 13.6. The second-order valence-electron chi connectivity index (χ2n) is 4.46. The van der Waals surface area contributed by atoms with Crippen molar-refractivity contribution in [1.29, 1.82) is 0 Å². The van der Waals surface area contributed by atoms with Crippen LogP contribution in [0.25, 0.3) is 0 Å². The molecule has 0 aliphatic carbocycles. The Bertz CT molecular complexity index is 370. The molecule has 2 nitrogen and oxygen atoms in total. The standard InChI is InChI=1S/C12H17BrFNO/c1-8(16)12(2,7-15)6-9-3-4-11(14)10(13)5-9/h3-5,8,16H,6-7,15H2,1-2H3. The van der Waals surface area contributed by atoms with Crippen molar-refractivity contribution in [2.75, 3.05) is 6.54 Å². The van der Waals surface area contributed by atoms with Gasteiger partial charge in [0.2, 0.25) is 0 Å². The average Bonchev–Trinajstić information content (AvgIpc) is 2.23. The molecular weight excluding hydrogens is 273 g/mol. The Morgan fingerprint density at radius 2 is 2.19 bits per heavy atom. The molecule has 2 atom stereocenters. The summed E-state index contributed by atoms with van der Waals surface area (Å²) in [6.45, 7) is 4.04. The Labute approximate surface area is 104 Å². The minimum atomic E-state index is -0.499. The molecule has 0 amide bonds. The smallest absolute Gasteiger partial charge is 0.137 e. The summed E-state index contributed by atoms with van der Waals surface area (Å²) in [5.41, 5.74) is 6.26. The second-order valence-corrected chi connectivity index (χ2v) is 5.31. The number of aliphatic hydroxyl groups excluding tert-OH is 1. The fourth-order valence-electron chi connectivity index (χ4n) is 1.51. The zero-order valence-corrected chi connectivity index (χ0v) is 11.1. The molecule has 0 saturated heterocycles. The first-order valence-electron chi connectivity index (χ1n) is 5.21. The van der Waals surface area contributed by atoms with Gasteiger partial charge in [-0.3, -0.25) is 0 Å². The van der Waals surface area contributed by atoms with Crippen molar-refractivity contribution in [2.24, 2.45) is 11.1 Å². The van der Waals surface area contributed by atoms with Crippen LogP contribution in [-0.2, 0) is 6.42 Å². The predicted molar refractivity (Wildman–Crippen MR) is 66.6 cm³/mol. The van der Waals surface area contributed by atoms with Gasteiger partial charge in [-0.25, -0.2) is 4.39 Å². The first-order valence-corrected chi connectivity index (χ1v) is 6.00. The highest BCUT2D eigenvalue weighted by atomic mass is 79.9. The number of rotatable bonds is 4. The Balaban J connectivity index is 2.90. The summed E-state index contributed by atoms with van der Waals surface area (Å²) < 4.78 is 13.5. The molecule has 4 heteroatoms. The van der Waals surface area contributed by atoms with Crippen molar-refractivity contribution >= 4 is 15.9 Å². The van der Waals surface area contributed by atoms with Gasteiger partial charge in [-0.05, 0) is 47.0 Å². The van der Waals surface area contributed by atoms with E-state index in [0.717, 1.165) is 5.56 Å². The highest BCUT2D eigenvalue weighted by Gasteiger charge is 2.28. The number of halogens is 2. The van der Waals surface area contributed by atoms with Gasteiger partial charge >= 0.3 is 0 Å². The Kier molecular flexibility index (Phi) is 4.47. The molecule has 0 aromatic heterocycles. The predicted octanol–water partition coefficient (Wildman–Crippen LogP) is 2.48. The second kappa shape index (κ2) is 5.25. The molecule has 0 saturated carbocycles. The lowest BCUT2D eigenvalue weighted by Gasteiger charge is -2.31. The monoisotopic (exact) mass is 289 g/mol. The summed E-state index contributed by atoms with van der Waals surface area (Å²) in [7, 11) is 0. The number of aliphatic hydroxyl groups is 1. The van der Waals surface area contributed by atoms with Gasteiger partial charge in [-0.1, -0.05) is 13.0 Å². The molecule has 0 spiro atoms. The van der Waals surface area contributed by atoms with Crippen molar-refractivity contribution in [3.63, 3.8) is 0 Å². The van der Waals surface area contributed by atoms with Crippen molar-refractivity contribution in [3.05, 3.63) is 34.1 Å².